The maximum atomic E-state index is 12.0. The highest BCUT2D eigenvalue weighted by molar-refractivity contribution is 6.77. The zero-order valence-corrected chi connectivity index (χ0v) is 13.4. The van der Waals surface area contributed by atoms with Crippen LogP contribution < -0.4 is 5.01 Å². The Morgan fingerprint density at radius 3 is 2.43 bits per heavy atom. The van der Waals surface area contributed by atoms with Crippen molar-refractivity contribution in [2.75, 3.05) is 38.4 Å². The predicted molar refractivity (Wildman–Crippen MR) is 79.2 cm³/mol. The zero-order chi connectivity index (χ0) is 15.6. The molecule has 1 aromatic rings. The van der Waals surface area contributed by atoms with E-state index in [1.807, 2.05) is 5.01 Å². The molecule has 0 bridgehead atoms. The number of carbonyl (C=O) groups excluding carboxylic acids is 2. The first kappa shape index (κ1) is 16.4. The number of alkyl halides is 3. The summed E-state index contributed by atoms with van der Waals surface area (Å²) in [6.45, 7) is 2.18. The lowest BCUT2D eigenvalue weighted by Gasteiger charge is -2.30. The number of methoxy groups -OCH3 is 1. The second-order valence-corrected chi connectivity index (χ2v) is 6.62. The topological polar surface area (TPSA) is 60.8 Å². The largest absolute Gasteiger partial charge is 0.464 e. The summed E-state index contributed by atoms with van der Waals surface area (Å²) >= 11 is 16.8. The molecule has 0 aliphatic carbocycles. The van der Waals surface area contributed by atoms with Crippen LogP contribution in [0.5, 0.6) is 0 Å². The van der Waals surface area contributed by atoms with Crippen molar-refractivity contribution in [3.63, 3.8) is 0 Å². The van der Waals surface area contributed by atoms with Crippen LogP contribution in [-0.2, 0) is 9.47 Å². The van der Waals surface area contributed by atoms with E-state index in [9.17, 15) is 9.59 Å². The SMILES string of the molecule is COC(=O)c1cc(C(=O)C(Cl)(Cl)Cl)cn1N1CCOCC1. The van der Waals surface area contributed by atoms with Crippen LogP contribution in [0.2, 0.25) is 0 Å². The number of ether oxygens (including phenoxy) is 2. The second kappa shape index (κ2) is 6.44. The summed E-state index contributed by atoms with van der Waals surface area (Å²) in [5.74, 6) is -1.28. The number of halogens is 3. The zero-order valence-electron chi connectivity index (χ0n) is 11.1. The number of ketones is 1. The molecule has 0 spiro atoms. The Morgan fingerprint density at radius 1 is 1.29 bits per heavy atom. The third kappa shape index (κ3) is 3.63. The number of aromatic nitrogens is 1. The van der Waals surface area contributed by atoms with Crippen LogP contribution in [0.3, 0.4) is 0 Å². The van der Waals surface area contributed by atoms with E-state index in [4.69, 9.17) is 44.3 Å². The van der Waals surface area contributed by atoms with Gasteiger partial charge in [0.1, 0.15) is 5.69 Å². The smallest absolute Gasteiger partial charge is 0.356 e. The number of morpholine rings is 1. The first-order valence-electron chi connectivity index (χ1n) is 6.10. The molecule has 1 aromatic heterocycles. The lowest BCUT2D eigenvalue weighted by molar-refractivity contribution is 0.0581. The minimum atomic E-state index is -2.08. The van der Waals surface area contributed by atoms with Gasteiger partial charge in [-0.25, -0.2) is 4.79 Å². The van der Waals surface area contributed by atoms with Crippen LogP contribution in [0.15, 0.2) is 12.3 Å². The van der Waals surface area contributed by atoms with Gasteiger partial charge in [-0.15, -0.1) is 0 Å². The summed E-state index contributed by atoms with van der Waals surface area (Å²) in [5, 5.41) is 1.85. The van der Waals surface area contributed by atoms with E-state index in [1.165, 1.54) is 24.0 Å². The molecule has 0 atom stereocenters. The van der Waals surface area contributed by atoms with E-state index < -0.39 is 15.5 Å². The molecule has 0 aromatic carbocycles. The van der Waals surface area contributed by atoms with E-state index in [1.54, 1.807) is 0 Å². The highest BCUT2D eigenvalue weighted by Gasteiger charge is 2.34. The van der Waals surface area contributed by atoms with Crippen molar-refractivity contribution in [3.05, 3.63) is 23.5 Å². The minimum absolute atomic E-state index is 0.127. The van der Waals surface area contributed by atoms with E-state index in [2.05, 4.69) is 0 Å². The molecule has 0 amide bonds. The number of hydrogen-bond donors (Lipinski definition) is 0. The molecule has 2 heterocycles. The standard InChI is InChI=1S/C12H13Cl3N2O4/c1-20-11(19)9-6-8(10(18)12(13,14)15)7-17(9)16-2-4-21-5-3-16/h6-7H,2-5H2,1H3. The number of hydrogen-bond acceptors (Lipinski definition) is 5. The van der Waals surface area contributed by atoms with Gasteiger partial charge in [-0.05, 0) is 6.07 Å². The van der Waals surface area contributed by atoms with Crippen LogP contribution in [0.4, 0.5) is 0 Å². The Labute approximate surface area is 136 Å². The Kier molecular flexibility index (Phi) is 5.03. The molecule has 1 aliphatic rings. The lowest BCUT2D eigenvalue weighted by atomic mass is 10.2. The summed E-state index contributed by atoms with van der Waals surface area (Å²) in [7, 11) is 1.26. The van der Waals surface area contributed by atoms with E-state index in [0.29, 0.717) is 26.3 Å². The molecule has 0 N–H and O–H groups in total. The first-order chi connectivity index (χ1) is 9.84. The lowest BCUT2D eigenvalue weighted by Crippen LogP contribution is -2.44. The van der Waals surface area contributed by atoms with Gasteiger partial charge in [0.05, 0.1) is 33.4 Å². The summed E-state index contributed by atoms with van der Waals surface area (Å²) in [5.41, 5.74) is 0.318. The molecule has 116 valence electrons. The van der Waals surface area contributed by atoms with Crippen molar-refractivity contribution in [1.29, 1.82) is 0 Å². The number of carbonyl (C=O) groups is 2. The molecule has 0 saturated carbocycles. The van der Waals surface area contributed by atoms with Crippen molar-refractivity contribution in [2.45, 2.75) is 3.79 Å². The fraction of sp³-hybridized carbons (Fsp3) is 0.500. The van der Waals surface area contributed by atoms with Crippen LogP contribution >= 0.6 is 34.8 Å². The number of esters is 1. The molecule has 0 radical (unpaired) electrons. The Balaban J connectivity index is 2.40. The normalized spacial score (nSPS) is 15.9. The quantitative estimate of drug-likeness (QED) is 0.470. The average Bonchev–Trinajstić information content (AvgIpc) is 2.90. The van der Waals surface area contributed by atoms with Gasteiger partial charge in [-0.2, -0.15) is 0 Å². The molecule has 2 rings (SSSR count). The number of Topliss-reactive ketones (excluding diaryl/α,β-unsaturated/α-hetero) is 1. The van der Waals surface area contributed by atoms with Crippen molar-refractivity contribution >= 4 is 46.6 Å². The van der Waals surface area contributed by atoms with Crippen molar-refractivity contribution in [2.24, 2.45) is 0 Å². The molecule has 6 nitrogen and oxygen atoms in total. The third-order valence-corrected chi connectivity index (χ3v) is 3.52. The predicted octanol–water partition coefficient (Wildman–Crippen LogP) is 1.80. The monoisotopic (exact) mass is 354 g/mol. The van der Waals surface area contributed by atoms with E-state index in [0.717, 1.165) is 0 Å². The van der Waals surface area contributed by atoms with Gasteiger partial charge in [0, 0.05) is 11.8 Å². The van der Waals surface area contributed by atoms with Gasteiger partial charge >= 0.3 is 5.97 Å². The average molecular weight is 356 g/mol. The fourth-order valence-electron chi connectivity index (χ4n) is 2.00. The van der Waals surface area contributed by atoms with Crippen molar-refractivity contribution in [1.82, 2.24) is 4.68 Å². The molecule has 1 aliphatic heterocycles. The van der Waals surface area contributed by atoms with Crippen LogP contribution in [0.25, 0.3) is 0 Å². The number of nitrogens with zero attached hydrogens (tertiary/aromatic N) is 2. The van der Waals surface area contributed by atoms with E-state index in [-0.39, 0.29) is 11.3 Å². The minimum Gasteiger partial charge on any atom is -0.464 e. The Morgan fingerprint density at radius 2 is 1.90 bits per heavy atom. The summed E-state index contributed by atoms with van der Waals surface area (Å²) in [6, 6.07) is 1.35. The van der Waals surface area contributed by atoms with Crippen LogP contribution in [-0.4, -0.2) is 53.6 Å². The molecule has 1 saturated heterocycles. The van der Waals surface area contributed by atoms with Gasteiger partial charge in [0.25, 0.3) is 3.79 Å². The van der Waals surface area contributed by atoms with Gasteiger partial charge in [0.2, 0.25) is 5.78 Å². The summed E-state index contributed by atoms with van der Waals surface area (Å²) in [6.07, 6.45) is 1.46. The van der Waals surface area contributed by atoms with Gasteiger partial charge in [0.15, 0.2) is 0 Å². The van der Waals surface area contributed by atoms with Crippen LogP contribution in [0, 0.1) is 0 Å². The number of rotatable bonds is 3. The van der Waals surface area contributed by atoms with Crippen molar-refractivity contribution in [3.8, 4) is 0 Å². The molecule has 9 heteroatoms. The summed E-state index contributed by atoms with van der Waals surface area (Å²) < 4.78 is 9.43. The van der Waals surface area contributed by atoms with Gasteiger partial charge in [-0.3, -0.25) is 9.47 Å². The maximum Gasteiger partial charge on any atom is 0.356 e. The summed E-state index contributed by atoms with van der Waals surface area (Å²) in [4.78, 5) is 23.9. The molecular weight excluding hydrogens is 343 g/mol. The van der Waals surface area contributed by atoms with E-state index >= 15 is 0 Å². The highest BCUT2D eigenvalue weighted by atomic mass is 35.6. The highest BCUT2D eigenvalue weighted by Crippen LogP contribution is 2.31. The Hall–Kier alpha value is -0.950. The maximum absolute atomic E-state index is 12.0. The van der Waals surface area contributed by atoms with Gasteiger partial charge < -0.3 is 14.5 Å². The molecular formula is C12H13Cl3N2O4. The van der Waals surface area contributed by atoms with Gasteiger partial charge in [-0.1, -0.05) is 34.8 Å². The third-order valence-electron chi connectivity index (χ3n) is 3.01. The molecule has 21 heavy (non-hydrogen) atoms. The van der Waals surface area contributed by atoms with Crippen molar-refractivity contribution < 1.29 is 19.1 Å². The fourth-order valence-corrected chi connectivity index (χ4v) is 2.33. The molecule has 0 unspecified atom stereocenters. The molecule has 1 fully saturated rings. The van der Waals surface area contributed by atoms with Crippen LogP contribution in [0.1, 0.15) is 20.8 Å². The Bertz CT molecular complexity index is 547. The first-order valence-corrected chi connectivity index (χ1v) is 7.23. The second-order valence-electron chi connectivity index (χ2n) is 4.34.